The summed E-state index contributed by atoms with van der Waals surface area (Å²) in [6, 6.07) is 14.8. The maximum absolute atomic E-state index is 14.4. The van der Waals surface area contributed by atoms with E-state index in [1.807, 2.05) is 0 Å². The standard InChI is InChI=1S/C21H17ClF2N2O3S/c1-14-6-9-16(10-7-14)30(28,29)26(20-5-3-2-4-19(20)24)13-21(27)25-15-8-11-18(23)17(22)12-15/h2-12H,13H2,1H3,(H,25,27). The van der Waals surface area contributed by atoms with Gasteiger partial charge in [0.05, 0.1) is 15.6 Å². The highest BCUT2D eigenvalue weighted by Crippen LogP contribution is 2.27. The maximum Gasteiger partial charge on any atom is 0.264 e. The van der Waals surface area contributed by atoms with E-state index in [1.54, 1.807) is 19.1 Å². The molecule has 0 aromatic heterocycles. The van der Waals surface area contributed by atoms with Gasteiger partial charge in [-0.25, -0.2) is 17.2 Å². The average Bonchev–Trinajstić information content (AvgIpc) is 2.70. The predicted octanol–water partition coefficient (Wildman–Crippen LogP) is 4.76. The number of para-hydroxylation sites is 1. The van der Waals surface area contributed by atoms with Crippen LogP contribution in [0.1, 0.15) is 5.56 Å². The third-order valence-electron chi connectivity index (χ3n) is 4.22. The molecule has 0 saturated heterocycles. The molecule has 0 unspecified atom stereocenters. The van der Waals surface area contributed by atoms with Gasteiger partial charge in [-0.15, -0.1) is 0 Å². The molecule has 0 radical (unpaired) electrons. The van der Waals surface area contributed by atoms with Crippen molar-refractivity contribution in [1.82, 2.24) is 0 Å². The van der Waals surface area contributed by atoms with Gasteiger partial charge in [-0.1, -0.05) is 41.4 Å². The van der Waals surface area contributed by atoms with Gasteiger partial charge in [0.25, 0.3) is 10.0 Å². The van der Waals surface area contributed by atoms with Gasteiger partial charge in [0.1, 0.15) is 18.2 Å². The molecule has 0 aliphatic heterocycles. The van der Waals surface area contributed by atoms with Gasteiger partial charge in [0, 0.05) is 5.69 Å². The molecule has 0 atom stereocenters. The lowest BCUT2D eigenvalue weighted by molar-refractivity contribution is -0.114. The van der Waals surface area contributed by atoms with Gasteiger partial charge in [0.15, 0.2) is 0 Å². The molecule has 9 heteroatoms. The second kappa shape index (κ2) is 8.81. The van der Waals surface area contributed by atoms with Gasteiger partial charge >= 0.3 is 0 Å². The molecule has 1 amide bonds. The number of nitrogens with zero attached hydrogens (tertiary/aromatic N) is 1. The first-order valence-corrected chi connectivity index (χ1v) is 10.6. The quantitative estimate of drug-likeness (QED) is 0.588. The predicted molar refractivity (Wildman–Crippen MR) is 112 cm³/mol. The summed E-state index contributed by atoms with van der Waals surface area (Å²) < 4.78 is 54.8. The lowest BCUT2D eigenvalue weighted by Gasteiger charge is -2.24. The second-order valence-electron chi connectivity index (χ2n) is 6.45. The highest BCUT2D eigenvalue weighted by molar-refractivity contribution is 7.92. The fraction of sp³-hybridized carbons (Fsp3) is 0.0952. The van der Waals surface area contributed by atoms with Crippen LogP contribution >= 0.6 is 11.6 Å². The van der Waals surface area contributed by atoms with Gasteiger partial charge < -0.3 is 5.32 Å². The lowest BCUT2D eigenvalue weighted by Crippen LogP contribution is -2.38. The summed E-state index contributed by atoms with van der Waals surface area (Å²) in [7, 11) is -4.25. The van der Waals surface area contributed by atoms with Crippen molar-refractivity contribution < 1.29 is 22.0 Å². The summed E-state index contributed by atoms with van der Waals surface area (Å²) in [4.78, 5) is 12.5. The van der Waals surface area contributed by atoms with Gasteiger partial charge in [-0.2, -0.15) is 0 Å². The average molecular weight is 451 g/mol. The minimum absolute atomic E-state index is 0.0889. The minimum atomic E-state index is -4.25. The third kappa shape index (κ3) is 4.77. The topological polar surface area (TPSA) is 66.5 Å². The van der Waals surface area contributed by atoms with Crippen LogP contribution in [0, 0.1) is 18.6 Å². The third-order valence-corrected chi connectivity index (χ3v) is 6.28. The fourth-order valence-electron chi connectivity index (χ4n) is 2.70. The Morgan fingerprint density at radius 3 is 2.30 bits per heavy atom. The van der Waals surface area contributed by atoms with Gasteiger partial charge in [-0.3, -0.25) is 9.10 Å². The summed E-state index contributed by atoms with van der Waals surface area (Å²) in [6.45, 7) is 1.10. The molecule has 0 aliphatic rings. The second-order valence-corrected chi connectivity index (χ2v) is 8.72. The monoisotopic (exact) mass is 450 g/mol. The smallest absolute Gasteiger partial charge is 0.264 e. The first kappa shape index (κ1) is 21.7. The van der Waals surface area contributed by atoms with Crippen molar-refractivity contribution in [1.29, 1.82) is 0 Å². The molecule has 5 nitrogen and oxygen atoms in total. The zero-order valence-corrected chi connectivity index (χ0v) is 17.3. The van der Waals surface area contributed by atoms with Crippen molar-refractivity contribution >= 4 is 38.9 Å². The Morgan fingerprint density at radius 1 is 1.00 bits per heavy atom. The maximum atomic E-state index is 14.4. The van der Waals surface area contributed by atoms with Crippen LogP contribution in [0.15, 0.2) is 71.6 Å². The molecule has 156 valence electrons. The van der Waals surface area contributed by atoms with E-state index in [1.165, 1.54) is 42.5 Å². The summed E-state index contributed by atoms with van der Waals surface area (Å²) in [5, 5.41) is 2.24. The lowest BCUT2D eigenvalue weighted by atomic mass is 10.2. The Hall–Kier alpha value is -2.97. The van der Waals surface area contributed by atoms with Crippen molar-refractivity contribution in [2.45, 2.75) is 11.8 Å². The Morgan fingerprint density at radius 2 is 1.67 bits per heavy atom. The Labute approximate surface area is 178 Å². The van der Waals surface area contributed by atoms with Crippen LogP contribution in [0.4, 0.5) is 20.2 Å². The number of rotatable bonds is 6. The Balaban J connectivity index is 1.95. The fourth-order valence-corrected chi connectivity index (χ4v) is 4.31. The van der Waals surface area contributed by atoms with Crippen LogP contribution in [-0.4, -0.2) is 20.9 Å². The summed E-state index contributed by atoms with van der Waals surface area (Å²) in [5.41, 5.74) is 0.746. The summed E-state index contributed by atoms with van der Waals surface area (Å²) >= 11 is 5.70. The van der Waals surface area contributed by atoms with Crippen LogP contribution in [0.2, 0.25) is 5.02 Å². The largest absolute Gasteiger partial charge is 0.324 e. The number of sulfonamides is 1. The molecule has 0 fully saturated rings. The van der Waals surface area contributed by atoms with E-state index in [0.29, 0.717) is 4.31 Å². The van der Waals surface area contributed by atoms with E-state index in [9.17, 15) is 22.0 Å². The highest BCUT2D eigenvalue weighted by atomic mass is 35.5. The first-order chi connectivity index (χ1) is 14.2. The Bertz CT molecular complexity index is 1190. The van der Waals surface area contributed by atoms with Crippen molar-refractivity contribution in [3.8, 4) is 0 Å². The number of aryl methyl sites for hydroxylation is 1. The number of benzene rings is 3. The molecule has 3 aromatic carbocycles. The number of hydrogen-bond donors (Lipinski definition) is 1. The van der Waals surface area contributed by atoms with Crippen molar-refractivity contribution in [2.24, 2.45) is 0 Å². The van der Waals surface area contributed by atoms with E-state index in [2.05, 4.69) is 5.32 Å². The summed E-state index contributed by atoms with van der Waals surface area (Å²) in [6.07, 6.45) is 0. The van der Waals surface area contributed by atoms with Crippen LogP contribution in [0.3, 0.4) is 0 Å². The summed E-state index contributed by atoms with van der Waals surface area (Å²) in [5.74, 6) is -2.22. The van der Waals surface area contributed by atoms with E-state index >= 15 is 0 Å². The van der Waals surface area contributed by atoms with E-state index in [4.69, 9.17) is 11.6 Å². The zero-order valence-electron chi connectivity index (χ0n) is 15.8. The van der Waals surface area contributed by atoms with E-state index in [-0.39, 0.29) is 21.3 Å². The van der Waals surface area contributed by atoms with Gasteiger partial charge in [0.2, 0.25) is 5.91 Å². The molecule has 1 N–H and O–H groups in total. The van der Waals surface area contributed by atoms with Crippen LogP contribution in [0.5, 0.6) is 0 Å². The van der Waals surface area contributed by atoms with Crippen molar-refractivity contribution in [3.63, 3.8) is 0 Å². The minimum Gasteiger partial charge on any atom is -0.324 e. The molecule has 0 spiro atoms. The normalized spacial score (nSPS) is 11.2. The molecule has 3 aromatic rings. The zero-order chi connectivity index (χ0) is 21.9. The molecule has 0 saturated carbocycles. The number of nitrogens with one attached hydrogen (secondary N) is 1. The molecule has 0 aliphatic carbocycles. The number of hydrogen-bond acceptors (Lipinski definition) is 3. The number of anilines is 2. The number of carbonyl (C=O) groups is 1. The first-order valence-electron chi connectivity index (χ1n) is 8.77. The SMILES string of the molecule is Cc1ccc(S(=O)(=O)N(CC(=O)Nc2ccc(F)c(Cl)c2)c2ccccc2F)cc1. The number of halogens is 3. The van der Waals surface area contributed by atoms with E-state index in [0.717, 1.165) is 17.7 Å². The molecular weight excluding hydrogens is 434 g/mol. The molecule has 0 bridgehead atoms. The molecule has 30 heavy (non-hydrogen) atoms. The van der Waals surface area contributed by atoms with Crippen LogP contribution in [0.25, 0.3) is 0 Å². The Kier molecular flexibility index (Phi) is 6.38. The molecule has 3 rings (SSSR count). The van der Waals surface area contributed by atoms with Crippen molar-refractivity contribution in [2.75, 3.05) is 16.2 Å². The van der Waals surface area contributed by atoms with Gasteiger partial charge in [-0.05, 0) is 49.4 Å². The van der Waals surface area contributed by atoms with Crippen LogP contribution < -0.4 is 9.62 Å². The highest BCUT2D eigenvalue weighted by Gasteiger charge is 2.29. The number of carbonyl (C=O) groups excluding carboxylic acids is 1. The molecular formula is C21H17ClF2N2O3S. The molecule has 0 heterocycles. The number of amides is 1. The van der Waals surface area contributed by atoms with E-state index < -0.39 is 34.1 Å². The van der Waals surface area contributed by atoms with Crippen molar-refractivity contribution in [3.05, 3.63) is 89.0 Å². The van der Waals surface area contributed by atoms with Crippen LogP contribution in [-0.2, 0) is 14.8 Å².